The second kappa shape index (κ2) is 5.03. The van der Waals surface area contributed by atoms with Crippen LogP contribution in [0.2, 0.25) is 0 Å². The molecule has 1 aliphatic rings. The number of nitrogens with two attached hydrogens (primary N) is 1. The van der Waals surface area contributed by atoms with Gasteiger partial charge in [-0.15, -0.1) is 0 Å². The Morgan fingerprint density at radius 1 is 1.16 bits per heavy atom. The van der Waals surface area contributed by atoms with E-state index in [0.717, 1.165) is 22.8 Å². The molecular formula is C15H20N4. The molecule has 4 nitrogen and oxygen atoms in total. The van der Waals surface area contributed by atoms with Gasteiger partial charge in [0.25, 0.3) is 0 Å². The molecule has 0 amide bonds. The topological polar surface area (TPSA) is 63.8 Å². The first kappa shape index (κ1) is 12.2. The van der Waals surface area contributed by atoms with Crippen molar-refractivity contribution >= 4 is 22.7 Å². The van der Waals surface area contributed by atoms with E-state index in [9.17, 15) is 0 Å². The normalized spacial score (nSPS) is 17.7. The van der Waals surface area contributed by atoms with E-state index in [0.29, 0.717) is 11.9 Å². The zero-order valence-electron chi connectivity index (χ0n) is 11.3. The molecular weight excluding hydrogens is 236 g/mol. The second-order valence-electron chi connectivity index (χ2n) is 5.42. The number of benzene rings is 1. The van der Waals surface area contributed by atoms with Crippen LogP contribution in [0.3, 0.4) is 0 Å². The molecule has 0 bridgehead atoms. The van der Waals surface area contributed by atoms with Gasteiger partial charge in [-0.1, -0.05) is 25.0 Å². The molecule has 0 radical (unpaired) electrons. The van der Waals surface area contributed by atoms with Crippen molar-refractivity contribution in [3.63, 3.8) is 0 Å². The standard InChI is InChI=1S/C15H20N4/c1-10(11-6-2-3-7-11)17-15-14(16)18-12-8-4-5-9-13(12)19-15/h4-5,8-11H,2-3,6-7H2,1H3,(H2,16,18)(H,17,19). The third kappa shape index (κ3) is 2.48. The Labute approximate surface area is 113 Å². The summed E-state index contributed by atoms with van der Waals surface area (Å²) in [5, 5.41) is 3.45. The van der Waals surface area contributed by atoms with E-state index in [1.165, 1.54) is 25.7 Å². The Bertz CT molecular complexity index is 575. The van der Waals surface area contributed by atoms with Gasteiger partial charge < -0.3 is 11.1 Å². The number of hydrogen-bond acceptors (Lipinski definition) is 4. The maximum atomic E-state index is 6.00. The first-order chi connectivity index (χ1) is 9.24. The summed E-state index contributed by atoms with van der Waals surface area (Å²) in [5.41, 5.74) is 7.73. The largest absolute Gasteiger partial charge is 0.381 e. The predicted molar refractivity (Wildman–Crippen MR) is 79.0 cm³/mol. The van der Waals surface area contributed by atoms with Gasteiger partial charge in [0.2, 0.25) is 0 Å². The van der Waals surface area contributed by atoms with E-state index in [-0.39, 0.29) is 0 Å². The van der Waals surface area contributed by atoms with E-state index in [1.807, 2.05) is 24.3 Å². The lowest BCUT2D eigenvalue weighted by Gasteiger charge is -2.21. The van der Waals surface area contributed by atoms with Crippen molar-refractivity contribution in [2.45, 2.75) is 38.6 Å². The molecule has 1 aliphatic carbocycles. The summed E-state index contributed by atoms with van der Waals surface area (Å²) >= 11 is 0. The molecule has 1 heterocycles. The Kier molecular flexibility index (Phi) is 3.23. The zero-order valence-corrected chi connectivity index (χ0v) is 11.3. The first-order valence-corrected chi connectivity index (χ1v) is 7.03. The van der Waals surface area contributed by atoms with Gasteiger partial charge in [-0.05, 0) is 37.8 Å². The summed E-state index contributed by atoms with van der Waals surface area (Å²) < 4.78 is 0. The Morgan fingerprint density at radius 3 is 2.47 bits per heavy atom. The predicted octanol–water partition coefficient (Wildman–Crippen LogP) is 3.20. The molecule has 1 atom stereocenters. The number of nitrogens with zero attached hydrogens (tertiary/aromatic N) is 2. The molecule has 3 rings (SSSR count). The van der Waals surface area contributed by atoms with Crippen LogP contribution in [0.1, 0.15) is 32.6 Å². The van der Waals surface area contributed by atoms with Crippen molar-refractivity contribution < 1.29 is 0 Å². The summed E-state index contributed by atoms with van der Waals surface area (Å²) in [7, 11) is 0. The van der Waals surface area contributed by atoms with Crippen LogP contribution >= 0.6 is 0 Å². The van der Waals surface area contributed by atoms with Crippen LogP contribution in [0.4, 0.5) is 11.6 Å². The minimum Gasteiger partial charge on any atom is -0.381 e. The van der Waals surface area contributed by atoms with Crippen molar-refractivity contribution in [3.8, 4) is 0 Å². The monoisotopic (exact) mass is 256 g/mol. The van der Waals surface area contributed by atoms with Crippen LogP contribution in [0.15, 0.2) is 24.3 Å². The average molecular weight is 256 g/mol. The summed E-state index contributed by atoms with van der Waals surface area (Å²) in [6.07, 6.45) is 5.29. The van der Waals surface area contributed by atoms with E-state index in [4.69, 9.17) is 5.73 Å². The zero-order chi connectivity index (χ0) is 13.2. The number of para-hydroxylation sites is 2. The lowest BCUT2D eigenvalue weighted by Crippen LogP contribution is -2.25. The Hall–Kier alpha value is -1.84. The van der Waals surface area contributed by atoms with Gasteiger partial charge >= 0.3 is 0 Å². The Morgan fingerprint density at radius 2 is 1.79 bits per heavy atom. The maximum Gasteiger partial charge on any atom is 0.169 e. The van der Waals surface area contributed by atoms with Crippen LogP contribution in [0.25, 0.3) is 11.0 Å². The van der Waals surface area contributed by atoms with Gasteiger partial charge in [-0.2, -0.15) is 0 Å². The van der Waals surface area contributed by atoms with Gasteiger partial charge in [-0.25, -0.2) is 9.97 Å². The molecule has 100 valence electrons. The van der Waals surface area contributed by atoms with Gasteiger partial charge in [0.15, 0.2) is 11.6 Å². The molecule has 0 spiro atoms. The third-order valence-electron chi connectivity index (χ3n) is 4.07. The van der Waals surface area contributed by atoms with E-state index >= 15 is 0 Å². The van der Waals surface area contributed by atoms with Crippen LogP contribution in [0.5, 0.6) is 0 Å². The van der Waals surface area contributed by atoms with Gasteiger partial charge in [-0.3, -0.25) is 0 Å². The second-order valence-corrected chi connectivity index (χ2v) is 5.42. The van der Waals surface area contributed by atoms with Gasteiger partial charge in [0.05, 0.1) is 11.0 Å². The molecule has 2 aromatic rings. The van der Waals surface area contributed by atoms with Crippen molar-refractivity contribution in [2.75, 3.05) is 11.1 Å². The van der Waals surface area contributed by atoms with Gasteiger partial charge in [0, 0.05) is 6.04 Å². The van der Waals surface area contributed by atoms with Crippen LogP contribution < -0.4 is 11.1 Å². The summed E-state index contributed by atoms with van der Waals surface area (Å²) in [6, 6.07) is 8.22. The number of anilines is 2. The van der Waals surface area contributed by atoms with Crippen molar-refractivity contribution in [1.29, 1.82) is 0 Å². The lowest BCUT2D eigenvalue weighted by atomic mass is 10.00. The molecule has 1 aromatic heterocycles. The number of aromatic nitrogens is 2. The number of hydrogen-bond donors (Lipinski definition) is 2. The van der Waals surface area contributed by atoms with Crippen molar-refractivity contribution in [2.24, 2.45) is 5.92 Å². The lowest BCUT2D eigenvalue weighted by molar-refractivity contribution is 0.481. The Balaban J connectivity index is 1.85. The van der Waals surface area contributed by atoms with Crippen LogP contribution in [0, 0.1) is 5.92 Å². The van der Waals surface area contributed by atoms with Crippen LogP contribution in [-0.4, -0.2) is 16.0 Å². The average Bonchev–Trinajstić information content (AvgIpc) is 2.93. The minimum atomic E-state index is 0.403. The highest BCUT2D eigenvalue weighted by Gasteiger charge is 2.22. The van der Waals surface area contributed by atoms with E-state index in [2.05, 4.69) is 22.2 Å². The fourth-order valence-corrected chi connectivity index (χ4v) is 2.91. The quantitative estimate of drug-likeness (QED) is 0.885. The number of nitrogen functional groups attached to an aromatic ring is 1. The summed E-state index contributed by atoms with van der Waals surface area (Å²) in [6.45, 7) is 2.21. The van der Waals surface area contributed by atoms with E-state index < -0.39 is 0 Å². The summed E-state index contributed by atoms with van der Waals surface area (Å²) in [5.74, 6) is 1.94. The third-order valence-corrected chi connectivity index (χ3v) is 4.07. The molecule has 1 saturated carbocycles. The molecule has 1 fully saturated rings. The van der Waals surface area contributed by atoms with Gasteiger partial charge in [0.1, 0.15) is 0 Å². The highest BCUT2D eigenvalue weighted by Crippen LogP contribution is 2.30. The highest BCUT2D eigenvalue weighted by atomic mass is 15.1. The minimum absolute atomic E-state index is 0.403. The van der Waals surface area contributed by atoms with E-state index in [1.54, 1.807) is 0 Å². The SMILES string of the molecule is CC(Nc1nc2ccccc2nc1N)C1CCCC1. The summed E-state index contributed by atoms with van der Waals surface area (Å²) in [4.78, 5) is 9.00. The number of nitrogens with one attached hydrogen (secondary N) is 1. The fourth-order valence-electron chi connectivity index (χ4n) is 2.91. The molecule has 1 unspecified atom stereocenters. The molecule has 3 N–H and O–H groups in total. The maximum absolute atomic E-state index is 6.00. The molecule has 0 aliphatic heterocycles. The number of rotatable bonds is 3. The highest BCUT2D eigenvalue weighted by molar-refractivity contribution is 5.79. The van der Waals surface area contributed by atoms with Crippen LogP contribution in [-0.2, 0) is 0 Å². The fraction of sp³-hybridized carbons (Fsp3) is 0.467. The molecule has 19 heavy (non-hydrogen) atoms. The smallest absolute Gasteiger partial charge is 0.169 e. The number of fused-ring (bicyclic) bond motifs is 1. The van der Waals surface area contributed by atoms with Crippen molar-refractivity contribution in [1.82, 2.24) is 9.97 Å². The molecule has 4 heteroatoms. The first-order valence-electron chi connectivity index (χ1n) is 7.03. The van der Waals surface area contributed by atoms with Crippen molar-refractivity contribution in [3.05, 3.63) is 24.3 Å². The molecule has 0 saturated heterocycles. The molecule has 1 aromatic carbocycles.